The standard InChI is InChI=1S/C18H14FNO3/c19-16-7-2-1-6-15(16)17(21)10-8-13-4-3-5-14(12-13)9-11-18(22)20-23/h1-12,23H,(H,20,22). The van der Waals surface area contributed by atoms with E-state index in [1.54, 1.807) is 36.4 Å². The predicted molar refractivity (Wildman–Crippen MR) is 85.2 cm³/mol. The van der Waals surface area contributed by atoms with E-state index in [2.05, 4.69) is 0 Å². The Kier molecular flexibility index (Phi) is 5.55. The maximum Gasteiger partial charge on any atom is 0.267 e. The van der Waals surface area contributed by atoms with Crippen molar-refractivity contribution in [1.82, 2.24) is 5.48 Å². The van der Waals surface area contributed by atoms with E-state index in [0.717, 1.165) is 5.56 Å². The fraction of sp³-hybridized carbons (Fsp3) is 0. The minimum absolute atomic E-state index is 0.0133. The summed E-state index contributed by atoms with van der Waals surface area (Å²) in [6.07, 6.45) is 5.55. The first-order valence-electron chi connectivity index (χ1n) is 6.79. The molecule has 23 heavy (non-hydrogen) atoms. The Bertz CT molecular complexity index is 781. The topological polar surface area (TPSA) is 66.4 Å². The van der Waals surface area contributed by atoms with Crippen LogP contribution < -0.4 is 5.48 Å². The van der Waals surface area contributed by atoms with Crippen molar-refractivity contribution in [3.8, 4) is 0 Å². The van der Waals surface area contributed by atoms with E-state index in [4.69, 9.17) is 5.21 Å². The number of hydrogen-bond acceptors (Lipinski definition) is 3. The summed E-state index contributed by atoms with van der Waals surface area (Å²) in [4.78, 5) is 22.9. The van der Waals surface area contributed by atoms with Gasteiger partial charge in [0.2, 0.25) is 0 Å². The summed E-state index contributed by atoms with van der Waals surface area (Å²) in [6, 6.07) is 12.8. The molecule has 0 unspecified atom stereocenters. The number of amides is 1. The van der Waals surface area contributed by atoms with Crippen LogP contribution in [0.1, 0.15) is 21.5 Å². The van der Waals surface area contributed by atoms with Gasteiger partial charge in [-0.15, -0.1) is 0 Å². The number of halogens is 1. The highest BCUT2D eigenvalue weighted by molar-refractivity contribution is 6.07. The lowest BCUT2D eigenvalue weighted by Crippen LogP contribution is -2.14. The molecule has 4 nitrogen and oxygen atoms in total. The van der Waals surface area contributed by atoms with Crippen molar-refractivity contribution in [1.29, 1.82) is 0 Å². The maximum atomic E-state index is 13.5. The molecule has 2 N–H and O–H groups in total. The molecule has 2 aromatic rings. The first-order chi connectivity index (χ1) is 11.1. The second-order valence-corrected chi connectivity index (χ2v) is 4.66. The average Bonchev–Trinajstić information content (AvgIpc) is 2.58. The minimum Gasteiger partial charge on any atom is -0.289 e. The molecule has 1 amide bonds. The Morgan fingerprint density at radius 2 is 1.61 bits per heavy atom. The van der Waals surface area contributed by atoms with Crippen LogP contribution in [0.4, 0.5) is 4.39 Å². The number of nitrogens with one attached hydrogen (secondary N) is 1. The van der Waals surface area contributed by atoms with Crippen LogP contribution in [0.25, 0.3) is 12.2 Å². The molecule has 116 valence electrons. The lowest BCUT2D eigenvalue weighted by atomic mass is 10.1. The lowest BCUT2D eigenvalue weighted by molar-refractivity contribution is -0.124. The SMILES string of the molecule is O=C(C=Cc1cccc(C=CC(=O)c2ccccc2F)c1)NO. The molecule has 2 aromatic carbocycles. The molecule has 0 aliphatic carbocycles. The van der Waals surface area contributed by atoms with Gasteiger partial charge >= 0.3 is 0 Å². The van der Waals surface area contributed by atoms with Gasteiger partial charge in [-0.2, -0.15) is 0 Å². The van der Waals surface area contributed by atoms with Crippen LogP contribution in [0.5, 0.6) is 0 Å². The smallest absolute Gasteiger partial charge is 0.267 e. The zero-order valence-corrected chi connectivity index (χ0v) is 12.1. The van der Waals surface area contributed by atoms with Gasteiger partial charge in [0.25, 0.3) is 5.91 Å². The molecule has 0 aliphatic heterocycles. The summed E-state index contributed by atoms with van der Waals surface area (Å²) in [7, 11) is 0. The third-order valence-corrected chi connectivity index (χ3v) is 3.01. The third kappa shape index (κ3) is 4.72. The Hall–Kier alpha value is -3.05. The van der Waals surface area contributed by atoms with Crippen LogP contribution in [0.3, 0.4) is 0 Å². The molecule has 0 aromatic heterocycles. The highest BCUT2D eigenvalue weighted by Gasteiger charge is 2.06. The fourth-order valence-corrected chi connectivity index (χ4v) is 1.90. The number of carbonyl (C=O) groups excluding carboxylic acids is 2. The van der Waals surface area contributed by atoms with Gasteiger partial charge in [-0.3, -0.25) is 14.8 Å². The van der Waals surface area contributed by atoms with Gasteiger partial charge in [-0.1, -0.05) is 36.4 Å². The maximum absolute atomic E-state index is 13.5. The Morgan fingerprint density at radius 3 is 2.26 bits per heavy atom. The van der Waals surface area contributed by atoms with Crippen molar-refractivity contribution < 1.29 is 19.2 Å². The second-order valence-electron chi connectivity index (χ2n) is 4.66. The average molecular weight is 311 g/mol. The van der Waals surface area contributed by atoms with Gasteiger partial charge in [0.05, 0.1) is 5.56 Å². The Balaban J connectivity index is 2.14. The van der Waals surface area contributed by atoms with Gasteiger partial charge in [-0.25, -0.2) is 9.87 Å². The number of hydroxylamine groups is 1. The highest BCUT2D eigenvalue weighted by atomic mass is 19.1. The summed E-state index contributed by atoms with van der Waals surface area (Å²) in [6.45, 7) is 0. The number of rotatable bonds is 5. The van der Waals surface area contributed by atoms with Crippen molar-refractivity contribution in [2.45, 2.75) is 0 Å². The van der Waals surface area contributed by atoms with Crippen LogP contribution in [0.2, 0.25) is 0 Å². The molecule has 5 heteroatoms. The van der Waals surface area contributed by atoms with E-state index in [-0.39, 0.29) is 5.56 Å². The van der Waals surface area contributed by atoms with Gasteiger partial charge in [0.15, 0.2) is 5.78 Å². The lowest BCUT2D eigenvalue weighted by Gasteiger charge is -1.99. The zero-order chi connectivity index (χ0) is 16.7. The fourth-order valence-electron chi connectivity index (χ4n) is 1.90. The molecule has 0 aliphatic rings. The molecule has 0 saturated heterocycles. The van der Waals surface area contributed by atoms with Crippen molar-refractivity contribution in [3.63, 3.8) is 0 Å². The molecular weight excluding hydrogens is 297 g/mol. The molecule has 0 saturated carbocycles. The summed E-state index contributed by atoms with van der Waals surface area (Å²) in [5.74, 6) is -1.63. The van der Waals surface area contributed by atoms with Crippen LogP contribution in [0.15, 0.2) is 60.7 Å². The molecule has 0 heterocycles. The quantitative estimate of drug-likeness (QED) is 0.385. The molecule has 2 rings (SSSR count). The summed E-state index contributed by atoms with van der Waals surface area (Å²) >= 11 is 0. The Labute approximate surface area is 132 Å². The third-order valence-electron chi connectivity index (χ3n) is 3.01. The van der Waals surface area contributed by atoms with E-state index >= 15 is 0 Å². The number of allylic oxidation sites excluding steroid dienone is 1. The van der Waals surface area contributed by atoms with E-state index in [0.29, 0.717) is 5.56 Å². The Morgan fingerprint density at radius 1 is 0.957 bits per heavy atom. The molecule has 0 bridgehead atoms. The molecule has 0 spiro atoms. The molecule has 0 atom stereocenters. The normalized spacial score (nSPS) is 11.0. The monoisotopic (exact) mass is 311 g/mol. The van der Waals surface area contributed by atoms with Crippen molar-refractivity contribution >= 4 is 23.8 Å². The molecule has 0 fully saturated rings. The van der Waals surface area contributed by atoms with Crippen molar-refractivity contribution in [2.75, 3.05) is 0 Å². The van der Waals surface area contributed by atoms with Crippen LogP contribution in [-0.2, 0) is 4.79 Å². The van der Waals surface area contributed by atoms with Crippen molar-refractivity contribution in [3.05, 3.63) is 83.2 Å². The molecule has 0 radical (unpaired) electrons. The first kappa shape index (κ1) is 16.3. The second kappa shape index (κ2) is 7.82. The largest absolute Gasteiger partial charge is 0.289 e. The zero-order valence-electron chi connectivity index (χ0n) is 12.1. The van der Waals surface area contributed by atoms with Crippen molar-refractivity contribution in [2.24, 2.45) is 0 Å². The highest BCUT2D eigenvalue weighted by Crippen LogP contribution is 2.12. The van der Waals surface area contributed by atoms with Crippen LogP contribution >= 0.6 is 0 Å². The summed E-state index contributed by atoms with van der Waals surface area (Å²) in [5, 5.41) is 8.41. The number of hydrogen-bond donors (Lipinski definition) is 2. The van der Waals surface area contributed by atoms with Crippen LogP contribution in [-0.4, -0.2) is 16.9 Å². The number of benzene rings is 2. The minimum atomic E-state index is -0.638. The van der Waals surface area contributed by atoms with Gasteiger partial charge in [0.1, 0.15) is 5.82 Å². The van der Waals surface area contributed by atoms with E-state index in [1.807, 2.05) is 0 Å². The van der Waals surface area contributed by atoms with Gasteiger partial charge in [0, 0.05) is 6.08 Å². The van der Waals surface area contributed by atoms with Gasteiger partial charge < -0.3 is 0 Å². The van der Waals surface area contributed by atoms with E-state index in [9.17, 15) is 14.0 Å². The molecular formula is C18H14FNO3. The van der Waals surface area contributed by atoms with E-state index in [1.165, 1.54) is 41.9 Å². The van der Waals surface area contributed by atoms with E-state index < -0.39 is 17.5 Å². The predicted octanol–water partition coefficient (Wildman–Crippen LogP) is 3.24. The number of carbonyl (C=O) groups is 2. The number of ketones is 1. The van der Waals surface area contributed by atoms with Crippen LogP contribution in [0, 0.1) is 5.82 Å². The summed E-state index contributed by atoms with van der Waals surface area (Å²) in [5.41, 5.74) is 2.95. The first-order valence-corrected chi connectivity index (χ1v) is 6.79. The summed E-state index contributed by atoms with van der Waals surface area (Å²) < 4.78 is 13.5. The van der Waals surface area contributed by atoms with Gasteiger partial charge in [-0.05, 0) is 41.5 Å².